The van der Waals surface area contributed by atoms with Gasteiger partial charge in [0.2, 0.25) is 0 Å². The first-order valence-corrected chi connectivity index (χ1v) is 11.0. The van der Waals surface area contributed by atoms with Crippen molar-refractivity contribution in [2.75, 3.05) is 14.2 Å². The van der Waals surface area contributed by atoms with Crippen molar-refractivity contribution < 1.29 is 14.2 Å². The molecule has 5 heteroatoms. The SMILES string of the molecule is COc1ccc(C23Oc4ccccc4C(c4ccccc4C)C2(C)C3(Cl)Cl)cc1OC. The van der Waals surface area contributed by atoms with Crippen LogP contribution < -0.4 is 14.2 Å². The molecule has 3 aromatic rings. The van der Waals surface area contributed by atoms with E-state index in [0.717, 1.165) is 16.9 Å². The normalized spacial score (nSPS) is 27.5. The number of rotatable bonds is 4. The molecule has 1 aliphatic carbocycles. The maximum atomic E-state index is 7.17. The number of hydrogen-bond acceptors (Lipinski definition) is 3. The van der Waals surface area contributed by atoms with E-state index in [1.807, 2.05) is 36.4 Å². The molecule has 2 aliphatic rings. The van der Waals surface area contributed by atoms with E-state index in [4.69, 9.17) is 37.4 Å². The molecule has 3 nitrogen and oxygen atoms in total. The Bertz CT molecular complexity index is 1170. The van der Waals surface area contributed by atoms with Crippen molar-refractivity contribution in [3.8, 4) is 17.2 Å². The minimum absolute atomic E-state index is 0.0400. The lowest BCUT2D eigenvalue weighted by Gasteiger charge is -2.37. The van der Waals surface area contributed by atoms with Crippen LogP contribution in [0.1, 0.15) is 35.1 Å². The van der Waals surface area contributed by atoms with Crippen LogP contribution in [0.15, 0.2) is 66.7 Å². The topological polar surface area (TPSA) is 27.7 Å². The molecule has 0 spiro atoms. The number of methoxy groups -OCH3 is 2. The van der Waals surface area contributed by atoms with Crippen LogP contribution in [0.25, 0.3) is 0 Å². The van der Waals surface area contributed by atoms with Crippen LogP contribution in [0, 0.1) is 12.3 Å². The van der Waals surface area contributed by atoms with Gasteiger partial charge in [0, 0.05) is 17.0 Å². The zero-order valence-electron chi connectivity index (χ0n) is 17.9. The molecule has 0 saturated heterocycles. The molecule has 0 radical (unpaired) electrons. The van der Waals surface area contributed by atoms with Gasteiger partial charge in [0.1, 0.15) is 5.75 Å². The number of hydrogen-bond donors (Lipinski definition) is 0. The van der Waals surface area contributed by atoms with E-state index in [0.29, 0.717) is 11.5 Å². The summed E-state index contributed by atoms with van der Waals surface area (Å²) in [6, 6.07) is 22.3. The number of para-hydroxylation sites is 1. The zero-order valence-corrected chi connectivity index (χ0v) is 19.4. The van der Waals surface area contributed by atoms with Crippen LogP contribution >= 0.6 is 23.2 Å². The largest absolute Gasteiger partial charge is 0.493 e. The molecule has 0 bridgehead atoms. The Morgan fingerprint density at radius 2 is 1.48 bits per heavy atom. The maximum absolute atomic E-state index is 7.17. The summed E-state index contributed by atoms with van der Waals surface area (Å²) < 4.78 is 16.5. The first-order chi connectivity index (χ1) is 14.8. The molecule has 1 aliphatic heterocycles. The van der Waals surface area contributed by atoms with Gasteiger partial charge in [-0.2, -0.15) is 0 Å². The molecule has 3 aromatic carbocycles. The van der Waals surface area contributed by atoms with E-state index < -0.39 is 15.3 Å². The van der Waals surface area contributed by atoms with E-state index in [2.05, 4.69) is 44.2 Å². The number of ether oxygens (including phenoxy) is 3. The highest BCUT2D eigenvalue weighted by Gasteiger charge is 2.91. The molecule has 1 heterocycles. The number of fused-ring (bicyclic) bond motifs is 2. The fourth-order valence-corrected chi connectivity index (χ4v) is 6.52. The third-order valence-electron chi connectivity index (χ3n) is 7.12. The van der Waals surface area contributed by atoms with Crippen molar-refractivity contribution in [2.45, 2.75) is 29.7 Å². The predicted octanol–water partition coefficient (Wildman–Crippen LogP) is 6.63. The standard InChI is InChI=1S/C26H24Cl2O3/c1-16-9-5-6-10-18(16)23-19-11-7-8-12-20(19)31-25(24(23,2)26(25,27)28)17-13-14-21(29-3)22(15-17)30-4/h5-15,23H,1-4H3. The third-order valence-corrected chi connectivity index (χ3v) is 8.44. The summed E-state index contributed by atoms with van der Waals surface area (Å²) in [7, 11) is 3.24. The van der Waals surface area contributed by atoms with Gasteiger partial charge in [0.05, 0.1) is 19.6 Å². The van der Waals surface area contributed by atoms with Crippen LogP contribution in [0.5, 0.6) is 17.2 Å². The second kappa shape index (κ2) is 6.82. The Labute approximate surface area is 192 Å². The van der Waals surface area contributed by atoms with E-state index >= 15 is 0 Å². The molecular weight excluding hydrogens is 431 g/mol. The van der Waals surface area contributed by atoms with E-state index in [1.165, 1.54) is 11.1 Å². The van der Waals surface area contributed by atoms with Crippen LogP contribution in [0.4, 0.5) is 0 Å². The van der Waals surface area contributed by atoms with Crippen LogP contribution in [-0.4, -0.2) is 18.6 Å². The minimum atomic E-state index is -1.16. The molecule has 0 N–H and O–H groups in total. The van der Waals surface area contributed by atoms with Crippen molar-refractivity contribution >= 4 is 23.2 Å². The van der Waals surface area contributed by atoms with E-state index in [9.17, 15) is 0 Å². The van der Waals surface area contributed by atoms with Gasteiger partial charge in [0.25, 0.3) is 0 Å². The summed E-state index contributed by atoms with van der Waals surface area (Å²) in [6.07, 6.45) is 0. The fraction of sp³-hybridized carbons (Fsp3) is 0.308. The first kappa shape index (κ1) is 20.5. The third kappa shape index (κ3) is 2.42. The molecule has 5 rings (SSSR count). The number of alkyl halides is 2. The van der Waals surface area contributed by atoms with Crippen molar-refractivity contribution in [1.82, 2.24) is 0 Å². The molecule has 3 unspecified atom stereocenters. The molecular formula is C26H24Cl2O3. The Balaban J connectivity index is 1.78. The van der Waals surface area contributed by atoms with Crippen molar-refractivity contribution in [2.24, 2.45) is 5.41 Å². The van der Waals surface area contributed by atoms with Gasteiger partial charge < -0.3 is 14.2 Å². The van der Waals surface area contributed by atoms with Gasteiger partial charge in [-0.15, -0.1) is 0 Å². The Morgan fingerprint density at radius 3 is 2.16 bits per heavy atom. The lowest BCUT2D eigenvalue weighted by Crippen LogP contribution is -2.33. The first-order valence-electron chi connectivity index (χ1n) is 10.3. The number of benzene rings is 3. The molecule has 160 valence electrons. The Kier molecular flexibility index (Phi) is 4.52. The maximum Gasteiger partial charge on any atom is 0.177 e. The van der Waals surface area contributed by atoms with E-state index in [1.54, 1.807) is 14.2 Å². The summed E-state index contributed by atoms with van der Waals surface area (Å²) in [6.45, 7) is 4.25. The summed E-state index contributed by atoms with van der Waals surface area (Å²) >= 11 is 14.3. The molecule has 0 aromatic heterocycles. The smallest absolute Gasteiger partial charge is 0.177 e. The zero-order chi connectivity index (χ0) is 22.0. The van der Waals surface area contributed by atoms with Gasteiger partial charge in [-0.25, -0.2) is 0 Å². The Morgan fingerprint density at radius 1 is 0.839 bits per heavy atom. The summed E-state index contributed by atoms with van der Waals surface area (Å²) in [5.41, 5.74) is 2.81. The van der Waals surface area contributed by atoms with Gasteiger partial charge in [-0.1, -0.05) is 78.7 Å². The molecule has 1 saturated carbocycles. The van der Waals surface area contributed by atoms with Gasteiger partial charge >= 0.3 is 0 Å². The molecule has 31 heavy (non-hydrogen) atoms. The predicted molar refractivity (Wildman–Crippen MR) is 124 cm³/mol. The van der Waals surface area contributed by atoms with Crippen molar-refractivity contribution in [3.63, 3.8) is 0 Å². The quantitative estimate of drug-likeness (QED) is 0.414. The number of halogens is 2. The molecule has 1 fully saturated rings. The average Bonchev–Trinajstić information content (AvgIpc) is 3.19. The van der Waals surface area contributed by atoms with Crippen LogP contribution in [0.3, 0.4) is 0 Å². The highest BCUT2D eigenvalue weighted by atomic mass is 35.5. The highest BCUT2D eigenvalue weighted by Crippen LogP contribution is 2.85. The summed E-state index contributed by atoms with van der Waals surface area (Å²) in [4.78, 5) is 0. The lowest BCUT2D eigenvalue weighted by molar-refractivity contribution is 0.101. The van der Waals surface area contributed by atoms with Gasteiger partial charge in [-0.3, -0.25) is 0 Å². The second-order valence-corrected chi connectivity index (χ2v) is 9.78. The monoisotopic (exact) mass is 454 g/mol. The highest BCUT2D eigenvalue weighted by molar-refractivity contribution is 6.53. The van der Waals surface area contributed by atoms with Crippen LogP contribution in [-0.2, 0) is 5.60 Å². The van der Waals surface area contributed by atoms with Crippen LogP contribution in [0.2, 0.25) is 0 Å². The average molecular weight is 455 g/mol. The van der Waals surface area contributed by atoms with Crippen molar-refractivity contribution in [3.05, 3.63) is 89.0 Å². The van der Waals surface area contributed by atoms with Gasteiger partial charge in [0.15, 0.2) is 21.4 Å². The van der Waals surface area contributed by atoms with E-state index in [-0.39, 0.29) is 5.92 Å². The number of aryl methyl sites for hydroxylation is 1. The molecule has 3 atom stereocenters. The summed E-state index contributed by atoms with van der Waals surface area (Å²) in [5, 5.41) is 0. The lowest BCUT2D eigenvalue weighted by atomic mass is 9.73. The minimum Gasteiger partial charge on any atom is -0.493 e. The summed E-state index contributed by atoms with van der Waals surface area (Å²) in [5.74, 6) is 2.02. The van der Waals surface area contributed by atoms with Crippen molar-refractivity contribution in [1.29, 1.82) is 0 Å². The Hall–Kier alpha value is -2.36. The second-order valence-electron chi connectivity index (χ2n) is 8.46. The van der Waals surface area contributed by atoms with Gasteiger partial charge in [-0.05, 0) is 36.2 Å². The fourth-order valence-electron chi connectivity index (χ4n) is 5.44. The molecule has 0 amide bonds.